The summed E-state index contributed by atoms with van der Waals surface area (Å²) in [6.45, 7) is 0. The minimum Gasteiger partial charge on any atom is -0.399 e. The molecule has 0 aliphatic heterocycles. The van der Waals surface area contributed by atoms with Crippen molar-refractivity contribution < 1.29 is 4.79 Å². The van der Waals surface area contributed by atoms with E-state index in [4.69, 9.17) is 11.5 Å². The van der Waals surface area contributed by atoms with Crippen molar-refractivity contribution in [3.8, 4) is 0 Å². The van der Waals surface area contributed by atoms with Gasteiger partial charge in [-0.25, -0.2) is 0 Å². The molecule has 0 unspecified atom stereocenters. The van der Waals surface area contributed by atoms with Crippen LogP contribution in [-0.2, 0) is 0 Å². The van der Waals surface area contributed by atoms with E-state index in [-0.39, 0.29) is 5.69 Å². The predicted molar refractivity (Wildman–Crippen MR) is 64.7 cm³/mol. The van der Waals surface area contributed by atoms with Crippen molar-refractivity contribution in [1.29, 1.82) is 0 Å². The maximum Gasteiger partial charge on any atom is 0.269 e. The molecule has 0 aliphatic carbocycles. The van der Waals surface area contributed by atoms with Crippen LogP contribution in [0.5, 0.6) is 0 Å². The van der Waals surface area contributed by atoms with Gasteiger partial charge in [-0.2, -0.15) is 0 Å². The van der Waals surface area contributed by atoms with E-state index >= 15 is 0 Å². The fourth-order valence-electron chi connectivity index (χ4n) is 1.29. The van der Waals surface area contributed by atoms with E-state index < -0.39 is 5.91 Å². The second kappa shape index (κ2) is 4.48. The molecule has 1 amide bonds. The van der Waals surface area contributed by atoms with Crippen LogP contribution in [0.1, 0.15) is 10.5 Å². The number of carbonyl (C=O) groups excluding carboxylic acids is 1. The summed E-state index contributed by atoms with van der Waals surface area (Å²) in [7, 11) is 0. The zero-order valence-electron chi connectivity index (χ0n) is 8.92. The Morgan fingerprint density at radius 2 is 2.00 bits per heavy atom. The van der Waals surface area contributed by atoms with Crippen LogP contribution in [0.15, 0.2) is 36.4 Å². The van der Waals surface area contributed by atoms with Gasteiger partial charge in [0.2, 0.25) is 0 Å². The molecule has 5 N–H and O–H groups in total. The number of hydrogen-bond acceptors (Lipinski definition) is 5. The molecule has 2 rings (SSSR count). The molecule has 1 heterocycles. The first kappa shape index (κ1) is 10.9. The molecule has 17 heavy (non-hydrogen) atoms. The molecule has 0 spiro atoms. The van der Waals surface area contributed by atoms with Gasteiger partial charge in [0, 0.05) is 11.4 Å². The Morgan fingerprint density at radius 1 is 1.18 bits per heavy atom. The van der Waals surface area contributed by atoms with Crippen LogP contribution in [0, 0.1) is 0 Å². The Labute approximate surface area is 97.7 Å². The van der Waals surface area contributed by atoms with Crippen molar-refractivity contribution in [3.05, 3.63) is 42.1 Å². The SMILES string of the molecule is NC(=O)c1ccc(Nc2cccc(N)c2)nn1. The van der Waals surface area contributed by atoms with Crippen molar-refractivity contribution in [3.63, 3.8) is 0 Å². The van der Waals surface area contributed by atoms with Gasteiger partial charge >= 0.3 is 0 Å². The number of rotatable bonds is 3. The highest BCUT2D eigenvalue weighted by molar-refractivity contribution is 5.90. The molecule has 0 saturated heterocycles. The van der Waals surface area contributed by atoms with Crippen LogP contribution in [0.25, 0.3) is 0 Å². The first-order chi connectivity index (χ1) is 8.15. The molecular formula is C11H11N5O. The average molecular weight is 229 g/mol. The first-order valence-corrected chi connectivity index (χ1v) is 4.91. The maximum atomic E-state index is 10.8. The zero-order valence-corrected chi connectivity index (χ0v) is 8.92. The second-order valence-corrected chi connectivity index (χ2v) is 3.42. The van der Waals surface area contributed by atoms with Crippen LogP contribution in [0.4, 0.5) is 17.2 Å². The summed E-state index contributed by atoms with van der Waals surface area (Å²) in [5, 5.41) is 10.5. The Morgan fingerprint density at radius 3 is 2.59 bits per heavy atom. The summed E-state index contributed by atoms with van der Waals surface area (Å²) in [6, 6.07) is 10.3. The molecule has 6 nitrogen and oxygen atoms in total. The first-order valence-electron chi connectivity index (χ1n) is 4.91. The molecule has 2 aromatic rings. The summed E-state index contributed by atoms with van der Waals surface area (Å²) in [5.74, 6) is -0.0893. The fourth-order valence-corrected chi connectivity index (χ4v) is 1.29. The van der Waals surface area contributed by atoms with Gasteiger partial charge in [0.25, 0.3) is 5.91 Å². The van der Waals surface area contributed by atoms with Gasteiger partial charge in [-0.15, -0.1) is 10.2 Å². The van der Waals surface area contributed by atoms with Gasteiger partial charge in [-0.05, 0) is 30.3 Å². The number of benzene rings is 1. The van der Waals surface area contributed by atoms with E-state index in [2.05, 4.69) is 15.5 Å². The smallest absolute Gasteiger partial charge is 0.269 e. The van der Waals surface area contributed by atoms with Crippen molar-refractivity contribution in [1.82, 2.24) is 10.2 Å². The highest BCUT2D eigenvalue weighted by atomic mass is 16.1. The second-order valence-electron chi connectivity index (χ2n) is 3.42. The zero-order chi connectivity index (χ0) is 12.3. The summed E-state index contributed by atoms with van der Waals surface area (Å²) in [5.41, 5.74) is 12.3. The third-order valence-corrected chi connectivity index (χ3v) is 2.08. The molecule has 0 atom stereocenters. The lowest BCUT2D eigenvalue weighted by Gasteiger charge is -2.05. The lowest BCUT2D eigenvalue weighted by atomic mass is 10.3. The van der Waals surface area contributed by atoms with Crippen LogP contribution in [0.2, 0.25) is 0 Å². The largest absolute Gasteiger partial charge is 0.399 e. The Hall–Kier alpha value is -2.63. The fraction of sp³-hybridized carbons (Fsp3) is 0. The molecule has 86 valence electrons. The lowest BCUT2D eigenvalue weighted by Crippen LogP contribution is -2.13. The number of nitrogens with zero attached hydrogens (tertiary/aromatic N) is 2. The third-order valence-electron chi connectivity index (χ3n) is 2.08. The number of primary amides is 1. The number of nitrogens with two attached hydrogens (primary N) is 2. The highest BCUT2D eigenvalue weighted by Gasteiger charge is 2.03. The number of hydrogen-bond donors (Lipinski definition) is 3. The van der Waals surface area contributed by atoms with Gasteiger partial charge in [0.05, 0.1) is 0 Å². The molecule has 0 aliphatic rings. The Kier molecular flexibility index (Phi) is 2.87. The van der Waals surface area contributed by atoms with Crippen molar-refractivity contribution >= 4 is 23.1 Å². The Bertz CT molecular complexity index is 538. The van der Waals surface area contributed by atoms with Gasteiger partial charge in [0.1, 0.15) is 0 Å². The van der Waals surface area contributed by atoms with Gasteiger partial charge in [-0.3, -0.25) is 4.79 Å². The van der Waals surface area contributed by atoms with Gasteiger partial charge in [0.15, 0.2) is 11.5 Å². The van der Waals surface area contributed by atoms with Gasteiger partial charge < -0.3 is 16.8 Å². The van der Waals surface area contributed by atoms with Crippen molar-refractivity contribution in [2.75, 3.05) is 11.1 Å². The van der Waals surface area contributed by atoms with E-state index in [9.17, 15) is 4.79 Å². The van der Waals surface area contributed by atoms with E-state index in [0.29, 0.717) is 11.5 Å². The Balaban J connectivity index is 2.16. The quantitative estimate of drug-likeness (QED) is 0.678. The standard InChI is InChI=1S/C11H11N5O/c12-7-2-1-3-8(6-7)14-10-5-4-9(11(13)17)15-16-10/h1-6H,12H2,(H2,13,17)(H,14,16). The van der Waals surface area contributed by atoms with E-state index in [1.54, 1.807) is 18.2 Å². The monoisotopic (exact) mass is 229 g/mol. The number of aromatic nitrogens is 2. The molecule has 0 fully saturated rings. The van der Waals surface area contributed by atoms with Crippen LogP contribution >= 0.6 is 0 Å². The molecule has 0 bridgehead atoms. The maximum absolute atomic E-state index is 10.8. The van der Waals surface area contributed by atoms with Crippen LogP contribution in [0.3, 0.4) is 0 Å². The number of nitrogens with one attached hydrogen (secondary N) is 1. The number of carbonyl (C=O) groups is 1. The van der Waals surface area contributed by atoms with Gasteiger partial charge in [-0.1, -0.05) is 6.07 Å². The number of nitrogen functional groups attached to an aromatic ring is 1. The van der Waals surface area contributed by atoms with Crippen molar-refractivity contribution in [2.24, 2.45) is 5.73 Å². The molecule has 6 heteroatoms. The molecular weight excluding hydrogens is 218 g/mol. The van der Waals surface area contributed by atoms with Crippen LogP contribution < -0.4 is 16.8 Å². The summed E-state index contributed by atoms with van der Waals surface area (Å²) in [4.78, 5) is 10.8. The number of anilines is 3. The molecule has 1 aromatic carbocycles. The predicted octanol–water partition coefficient (Wildman–Crippen LogP) is 0.901. The topological polar surface area (TPSA) is 107 Å². The molecule has 0 radical (unpaired) electrons. The highest BCUT2D eigenvalue weighted by Crippen LogP contribution is 2.16. The van der Waals surface area contributed by atoms with Crippen molar-refractivity contribution in [2.45, 2.75) is 0 Å². The summed E-state index contributed by atoms with van der Waals surface area (Å²) in [6.07, 6.45) is 0. The van der Waals surface area contributed by atoms with Crippen LogP contribution in [-0.4, -0.2) is 16.1 Å². The summed E-state index contributed by atoms with van der Waals surface area (Å²) < 4.78 is 0. The lowest BCUT2D eigenvalue weighted by molar-refractivity contribution is 0.0994. The summed E-state index contributed by atoms with van der Waals surface area (Å²) >= 11 is 0. The average Bonchev–Trinajstić information content (AvgIpc) is 2.29. The van der Waals surface area contributed by atoms with E-state index in [1.807, 2.05) is 12.1 Å². The number of amides is 1. The molecule has 1 aromatic heterocycles. The van der Waals surface area contributed by atoms with E-state index in [1.165, 1.54) is 6.07 Å². The van der Waals surface area contributed by atoms with E-state index in [0.717, 1.165) is 5.69 Å². The molecule has 0 saturated carbocycles. The minimum absolute atomic E-state index is 0.128. The minimum atomic E-state index is -0.604. The third kappa shape index (κ3) is 2.69. The normalized spacial score (nSPS) is 9.88.